The molecule has 19 heavy (non-hydrogen) atoms. The van der Waals surface area contributed by atoms with Crippen LogP contribution in [0.1, 0.15) is 18.7 Å². The number of nitrogens with zero attached hydrogens (tertiary/aromatic N) is 2. The Bertz CT molecular complexity index is 600. The van der Waals surface area contributed by atoms with Crippen molar-refractivity contribution in [1.82, 2.24) is 20.2 Å². The van der Waals surface area contributed by atoms with Crippen LogP contribution >= 0.6 is 11.3 Å². The molecule has 1 fully saturated rings. The molecular formula is C13H18N4OS. The van der Waals surface area contributed by atoms with Crippen molar-refractivity contribution in [2.75, 3.05) is 26.2 Å². The van der Waals surface area contributed by atoms with E-state index in [2.05, 4.69) is 20.2 Å². The molecule has 0 atom stereocenters. The molecular weight excluding hydrogens is 260 g/mol. The Kier molecular flexibility index (Phi) is 3.91. The van der Waals surface area contributed by atoms with E-state index < -0.39 is 0 Å². The van der Waals surface area contributed by atoms with E-state index in [1.807, 2.05) is 11.4 Å². The summed E-state index contributed by atoms with van der Waals surface area (Å²) in [5.74, 6) is 0.720. The van der Waals surface area contributed by atoms with Crippen LogP contribution in [0.2, 0.25) is 0 Å². The molecule has 3 heterocycles. The van der Waals surface area contributed by atoms with Crippen LogP contribution in [0.4, 0.5) is 0 Å². The Morgan fingerprint density at radius 2 is 2.26 bits per heavy atom. The summed E-state index contributed by atoms with van der Waals surface area (Å²) in [6.45, 7) is 5.07. The molecule has 2 aromatic rings. The second kappa shape index (κ2) is 5.81. The predicted octanol–water partition coefficient (Wildman–Crippen LogP) is 1.17. The summed E-state index contributed by atoms with van der Waals surface area (Å²) in [6, 6.07) is 1.89. The minimum Gasteiger partial charge on any atom is -0.309 e. The number of fused-ring (bicyclic) bond motifs is 1. The normalized spacial score (nSPS) is 16.4. The van der Waals surface area contributed by atoms with Crippen LogP contribution in [-0.4, -0.2) is 41.0 Å². The Morgan fingerprint density at radius 1 is 1.42 bits per heavy atom. The molecule has 0 spiro atoms. The molecule has 0 saturated carbocycles. The average molecular weight is 278 g/mol. The third-order valence-electron chi connectivity index (χ3n) is 3.46. The maximum atomic E-state index is 11.8. The van der Waals surface area contributed by atoms with Gasteiger partial charge in [0.05, 0.1) is 12.1 Å². The van der Waals surface area contributed by atoms with Gasteiger partial charge in [-0.3, -0.25) is 4.79 Å². The summed E-state index contributed by atoms with van der Waals surface area (Å²) in [6.07, 6.45) is 2.65. The molecule has 1 saturated heterocycles. The van der Waals surface area contributed by atoms with Gasteiger partial charge >= 0.3 is 0 Å². The first-order valence-electron chi connectivity index (χ1n) is 6.72. The van der Waals surface area contributed by atoms with Crippen molar-refractivity contribution in [3.8, 4) is 0 Å². The van der Waals surface area contributed by atoms with Gasteiger partial charge in [-0.15, -0.1) is 11.3 Å². The van der Waals surface area contributed by atoms with Crippen LogP contribution in [0.15, 0.2) is 16.2 Å². The van der Waals surface area contributed by atoms with Crippen molar-refractivity contribution in [2.24, 2.45) is 0 Å². The number of H-pyrrole nitrogens is 1. The number of aromatic amines is 1. The molecule has 0 bridgehead atoms. The van der Waals surface area contributed by atoms with E-state index in [0.29, 0.717) is 11.2 Å². The lowest BCUT2D eigenvalue weighted by atomic mass is 10.4. The molecule has 3 rings (SSSR count). The van der Waals surface area contributed by atoms with Crippen LogP contribution in [-0.2, 0) is 6.54 Å². The molecule has 5 nitrogen and oxygen atoms in total. The lowest BCUT2D eigenvalue weighted by Gasteiger charge is -2.14. The van der Waals surface area contributed by atoms with Gasteiger partial charge in [-0.05, 0) is 37.4 Å². The van der Waals surface area contributed by atoms with Crippen LogP contribution in [0.5, 0.6) is 0 Å². The molecule has 102 valence electrons. The molecule has 1 aliphatic heterocycles. The van der Waals surface area contributed by atoms with Crippen molar-refractivity contribution in [3.05, 3.63) is 27.6 Å². The molecule has 2 aromatic heterocycles. The Labute approximate surface area is 115 Å². The fourth-order valence-corrected chi connectivity index (χ4v) is 3.18. The maximum Gasteiger partial charge on any atom is 0.268 e. The van der Waals surface area contributed by atoms with Gasteiger partial charge in [0.15, 0.2) is 0 Å². The number of rotatable bonds is 5. The van der Waals surface area contributed by atoms with E-state index in [-0.39, 0.29) is 5.56 Å². The smallest absolute Gasteiger partial charge is 0.268 e. The summed E-state index contributed by atoms with van der Waals surface area (Å²) in [5.41, 5.74) is 0.765. The van der Waals surface area contributed by atoms with Crippen molar-refractivity contribution < 1.29 is 0 Å². The van der Waals surface area contributed by atoms with E-state index in [4.69, 9.17) is 0 Å². The zero-order chi connectivity index (χ0) is 13.1. The van der Waals surface area contributed by atoms with Gasteiger partial charge in [-0.25, -0.2) is 4.98 Å². The largest absolute Gasteiger partial charge is 0.309 e. The van der Waals surface area contributed by atoms with Gasteiger partial charge < -0.3 is 15.2 Å². The molecule has 6 heteroatoms. The highest BCUT2D eigenvalue weighted by atomic mass is 32.1. The van der Waals surface area contributed by atoms with Gasteiger partial charge in [0.1, 0.15) is 10.5 Å². The summed E-state index contributed by atoms with van der Waals surface area (Å²) < 4.78 is 0.709. The zero-order valence-corrected chi connectivity index (χ0v) is 11.6. The van der Waals surface area contributed by atoms with E-state index in [1.165, 1.54) is 37.3 Å². The number of likely N-dealkylation sites (tertiary alicyclic amines) is 1. The van der Waals surface area contributed by atoms with E-state index in [9.17, 15) is 4.79 Å². The Balaban J connectivity index is 1.54. The summed E-state index contributed by atoms with van der Waals surface area (Å²) in [4.78, 5) is 21.5. The van der Waals surface area contributed by atoms with Crippen LogP contribution in [0.25, 0.3) is 10.2 Å². The van der Waals surface area contributed by atoms with Crippen LogP contribution in [0.3, 0.4) is 0 Å². The molecule has 0 aromatic carbocycles. The number of aromatic nitrogens is 2. The van der Waals surface area contributed by atoms with E-state index in [1.54, 1.807) is 0 Å². The fourth-order valence-electron chi connectivity index (χ4n) is 2.46. The fraction of sp³-hybridized carbons (Fsp3) is 0.538. The minimum atomic E-state index is -0.0312. The zero-order valence-electron chi connectivity index (χ0n) is 10.8. The number of nitrogens with one attached hydrogen (secondary N) is 2. The quantitative estimate of drug-likeness (QED) is 0.806. The van der Waals surface area contributed by atoms with Gasteiger partial charge in [0.2, 0.25) is 0 Å². The second-order valence-electron chi connectivity index (χ2n) is 4.87. The third kappa shape index (κ3) is 3.02. The minimum absolute atomic E-state index is 0.0312. The monoisotopic (exact) mass is 278 g/mol. The van der Waals surface area contributed by atoms with Gasteiger partial charge in [-0.2, -0.15) is 0 Å². The van der Waals surface area contributed by atoms with Crippen molar-refractivity contribution in [1.29, 1.82) is 0 Å². The summed E-state index contributed by atoms with van der Waals surface area (Å²) in [5, 5.41) is 5.24. The Morgan fingerprint density at radius 3 is 3.11 bits per heavy atom. The highest BCUT2D eigenvalue weighted by Crippen LogP contribution is 2.13. The lowest BCUT2D eigenvalue weighted by Crippen LogP contribution is -2.30. The Hall–Kier alpha value is -1.24. The first kappa shape index (κ1) is 12.8. The topological polar surface area (TPSA) is 61.0 Å². The molecule has 2 N–H and O–H groups in total. The van der Waals surface area contributed by atoms with Gasteiger partial charge in [-0.1, -0.05) is 0 Å². The molecule has 0 radical (unpaired) electrons. The average Bonchev–Trinajstić information content (AvgIpc) is 3.05. The highest BCUT2D eigenvalue weighted by molar-refractivity contribution is 7.17. The third-order valence-corrected chi connectivity index (χ3v) is 4.36. The van der Waals surface area contributed by atoms with E-state index in [0.717, 1.165) is 24.4 Å². The SMILES string of the molecule is O=c1[nH]c(CNCCN2CCCC2)nc2ccsc12. The first-order valence-corrected chi connectivity index (χ1v) is 7.60. The molecule has 0 unspecified atom stereocenters. The van der Waals surface area contributed by atoms with Crippen molar-refractivity contribution in [2.45, 2.75) is 19.4 Å². The van der Waals surface area contributed by atoms with Crippen molar-refractivity contribution in [3.63, 3.8) is 0 Å². The maximum absolute atomic E-state index is 11.8. The highest BCUT2D eigenvalue weighted by Gasteiger charge is 2.10. The molecule has 0 amide bonds. The standard InChI is InChI=1S/C13H18N4OS/c18-13-12-10(3-8-19-12)15-11(16-13)9-14-4-7-17-5-1-2-6-17/h3,8,14H,1-2,4-7,9H2,(H,15,16,18). The van der Waals surface area contributed by atoms with Gasteiger partial charge in [0.25, 0.3) is 5.56 Å². The van der Waals surface area contributed by atoms with Gasteiger partial charge in [0, 0.05) is 13.1 Å². The predicted molar refractivity (Wildman–Crippen MR) is 77.6 cm³/mol. The number of hydrogen-bond acceptors (Lipinski definition) is 5. The van der Waals surface area contributed by atoms with Crippen LogP contribution in [0, 0.1) is 0 Å². The molecule has 1 aliphatic rings. The first-order chi connectivity index (χ1) is 9.33. The number of thiophene rings is 1. The summed E-state index contributed by atoms with van der Waals surface area (Å²) in [7, 11) is 0. The number of hydrogen-bond donors (Lipinski definition) is 2. The molecule has 0 aliphatic carbocycles. The summed E-state index contributed by atoms with van der Waals surface area (Å²) >= 11 is 1.43. The lowest BCUT2D eigenvalue weighted by molar-refractivity contribution is 0.335. The van der Waals surface area contributed by atoms with Crippen molar-refractivity contribution >= 4 is 21.6 Å². The van der Waals surface area contributed by atoms with E-state index >= 15 is 0 Å². The van der Waals surface area contributed by atoms with Crippen LogP contribution < -0.4 is 10.9 Å². The second-order valence-corrected chi connectivity index (χ2v) is 5.79.